The lowest BCUT2D eigenvalue weighted by molar-refractivity contribution is 0.0129. The lowest BCUT2D eigenvalue weighted by Crippen LogP contribution is -2.31. The van der Waals surface area contributed by atoms with Crippen molar-refractivity contribution in [2.45, 2.75) is 52.2 Å². The molecule has 0 saturated carbocycles. The van der Waals surface area contributed by atoms with Gasteiger partial charge in [-0.3, -0.25) is 0 Å². The largest absolute Gasteiger partial charge is 0.396 e. The molecule has 104 valence electrons. The van der Waals surface area contributed by atoms with Gasteiger partial charge in [-0.15, -0.1) is 0 Å². The molecule has 0 amide bonds. The van der Waals surface area contributed by atoms with Crippen LogP contribution in [0.4, 0.5) is 0 Å². The molecule has 5 atom stereocenters. The predicted octanol–water partition coefficient (Wildman–Crippen LogP) is 0.771. The second-order valence-corrected chi connectivity index (χ2v) is 5.20. The fourth-order valence-corrected chi connectivity index (χ4v) is 1.97. The van der Waals surface area contributed by atoms with Crippen molar-refractivity contribution >= 4 is 0 Å². The SMILES string of the molecule is CC(CO)C(C)C(C)C(O)CC(O)CCCO. The summed E-state index contributed by atoms with van der Waals surface area (Å²) in [6.07, 6.45) is 0.294. The van der Waals surface area contributed by atoms with E-state index in [1.807, 2.05) is 20.8 Å². The quantitative estimate of drug-likeness (QED) is 0.486. The highest BCUT2D eigenvalue weighted by molar-refractivity contribution is 4.76. The van der Waals surface area contributed by atoms with Gasteiger partial charge in [0.2, 0.25) is 0 Å². The Balaban J connectivity index is 4.07. The molecule has 0 bridgehead atoms. The Morgan fingerprint density at radius 3 is 2.00 bits per heavy atom. The molecular formula is C13H28O4. The monoisotopic (exact) mass is 248 g/mol. The van der Waals surface area contributed by atoms with Gasteiger partial charge in [0.05, 0.1) is 12.2 Å². The van der Waals surface area contributed by atoms with E-state index in [0.717, 1.165) is 0 Å². The third-order valence-electron chi connectivity index (χ3n) is 3.83. The van der Waals surface area contributed by atoms with Gasteiger partial charge in [-0.25, -0.2) is 0 Å². The van der Waals surface area contributed by atoms with E-state index in [2.05, 4.69) is 0 Å². The van der Waals surface area contributed by atoms with Crippen LogP contribution in [-0.2, 0) is 0 Å². The molecule has 0 radical (unpaired) electrons. The molecule has 0 fully saturated rings. The summed E-state index contributed by atoms with van der Waals surface area (Å²) in [5.74, 6) is 0.398. The molecule has 0 aromatic carbocycles. The van der Waals surface area contributed by atoms with E-state index in [9.17, 15) is 10.2 Å². The zero-order chi connectivity index (χ0) is 13.4. The van der Waals surface area contributed by atoms with Crippen LogP contribution < -0.4 is 0 Å². The Labute approximate surface area is 104 Å². The zero-order valence-electron chi connectivity index (χ0n) is 11.2. The van der Waals surface area contributed by atoms with Crippen LogP contribution in [-0.4, -0.2) is 45.8 Å². The molecule has 0 aliphatic heterocycles. The summed E-state index contributed by atoms with van der Waals surface area (Å²) < 4.78 is 0. The molecular weight excluding hydrogens is 220 g/mol. The molecule has 0 aromatic heterocycles. The van der Waals surface area contributed by atoms with Crippen LogP contribution in [0, 0.1) is 17.8 Å². The minimum Gasteiger partial charge on any atom is -0.396 e. The van der Waals surface area contributed by atoms with Crippen molar-refractivity contribution in [1.29, 1.82) is 0 Å². The molecule has 0 heterocycles. The molecule has 0 aromatic rings. The molecule has 0 spiro atoms. The lowest BCUT2D eigenvalue weighted by Gasteiger charge is -2.29. The van der Waals surface area contributed by atoms with Gasteiger partial charge in [0, 0.05) is 13.2 Å². The number of aliphatic hydroxyl groups excluding tert-OH is 4. The molecule has 4 heteroatoms. The summed E-state index contributed by atoms with van der Waals surface area (Å²) >= 11 is 0. The first-order chi connectivity index (χ1) is 7.93. The number of rotatable bonds is 9. The minimum atomic E-state index is -0.562. The number of hydrogen-bond donors (Lipinski definition) is 4. The molecule has 5 unspecified atom stereocenters. The van der Waals surface area contributed by atoms with Crippen molar-refractivity contribution in [2.24, 2.45) is 17.8 Å². The fraction of sp³-hybridized carbons (Fsp3) is 1.00. The van der Waals surface area contributed by atoms with Crippen molar-refractivity contribution < 1.29 is 20.4 Å². The van der Waals surface area contributed by atoms with Gasteiger partial charge >= 0.3 is 0 Å². The highest BCUT2D eigenvalue weighted by Crippen LogP contribution is 2.25. The zero-order valence-corrected chi connectivity index (χ0v) is 11.2. The smallest absolute Gasteiger partial charge is 0.0593 e. The van der Waals surface area contributed by atoms with Crippen molar-refractivity contribution in [1.82, 2.24) is 0 Å². The van der Waals surface area contributed by atoms with E-state index >= 15 is 0 Å². The van der Waals surface area contributed by atoms with Crippen LogP contribution in [0.25, 0.3) is 0 Å². The Kier molecular flexibility index (Phi) is 8.78. The Bertz CT molecular complexity index is 186. The average Bonchev–Trinajstić information content (AvgIpc) is 2.33. The van der Waals surface area contributed by atoms with Gasteiger partial charge in [-0.1, -0.05) is 20.8 Å². The van der Waals surface area contributed by atoms with Crippen molar-refractivity contribution in [3.63, 3.8) is 0 Å². The Hall–Kier alpha value is -0.160. The maximum Gasteiger partial charge on any atom is 0.0593 e. The average molecular weight is 248 g/mol. The van der Waals surface area contributed by atoms with Crippen LogP contribution >= 0.6 is 0 Å². The van der Waals surface area contributed by atoms with E-state index in [0.29, 0.717) is 19.3 Å². The summed E-state index contributed by atoms with van der Waals surface area (Å²) in [5.41, 5.74) is 0. The van der Waals surface area contributed by atoms with Crippen molar-refractivity contribution in [2.75, 3.05) is 13.2 Å². The summed E-state index contributed by atoms with van der Waals surface area (Å²) in [6, 6.07) is 0. The van der Waals surface area contributed by atoms with Crippen LogP contribution in [0.15, 0.2) is 0 Å². The summed E-state index contributed by atoms with van der Waals surface area (Å²) in [4.78, 5) is 0. The molecule has 17 heavy (non-hydrogen) atoms. The lowest BCUT2D eigenvalue weighted by atomic mass is 9.80. The third-order valence-corrected chi connectivity index (χ3v) is 3.83. The van der Waals surface area contributed by atoms with Crippen LogP contribution in [0.2, 0.25) is 0 Å². The summed E-state index contributed by atoms with van der Waals surface area (Å²) in [5, 5.41) is 37.4. The minimum absolute atomic E-state index is 0.0425. The van der Waals surface area contributed by atoms with Crippen molar-refractivity contribution in [3.8, 4) is 0 Å². The second-order valence-electron chi connectivity index (χ2n) is 5.20. The topological polar surface area (TPSA) is 80.9 Å². The summed E-state index contributed by atoms with van der Waals surface area (Å²) in [6.45, 7) is 6.09. The normalized spacial score (nSPS) is 20.6. The van der Waals surface area contributed by atoms with Gasteiger partial charge in [0.15, 0.2) is 0 Å². The highest BCUT2D eigenvalue weighted by Gasteiger charge is 2.26. The van der Waals surface area contributed by atoms with E-state index in [1.54, 1.807) is 0 Å². The van der Waals surface area contributed by atoms with Gasteiger partial charge in [0.1, 0.15) is 0 Å². The molecule has 0 saturated heterocycles. The second kappa shape index (κ2) is 8.86. The van der Waals surface area contributed by atoms with Crippen LogP contribution in [0.1, 0.15) is 40.0 Å². The van der Waals surface area contributed by atoms with Gasteiger partial charge in [-0.05, 0) is 37.0 Å². The first-order valence-corrected chi connectivity index (χ1v) is 6.51. The van der Waals surface area contributed by atoms with Crippen LogP contribution in [0.5, 0.6) is 0 Å². The van der Waals surface area contributed by atoms with E-state index in [4.69, 9.17) is 10.2 Å². The molecule has 0 aliphatic carbocycles. The fourth-order valence-electron chi connectivity index (χ4n) is 1.97. The summed E-state index contributed by atoms with van der Waals surface area (Å²) in [7, 11) is 0. The molecule has 4 N–H and O–H groups in total. The maximum atomic E-state index is 10.00. The molecule has 0 aliphatic rings. The van der Waals surface area contributed by atoms with Gasteiger partial charge in [0.25, 0.3) is 0 Å². The van der Waals surface area contributed by atoms with Gasteiger partial charge < -0.3 is 20.4 Å². The Morgan fingerprint density at radius 2 is 1.53 bits per heavy atom. The van der Waals surface area contributed by atoms with Crippen LogP contribution in [0.3, 0.4) is 0 Å². The van der Waals surface area contributed by atoms with Crippen molar-refractivity contribution in [3.05, 3.63) is 0 Å². The third kappa shape index (κ3) is 6.36. The highest BCUT2D eigenvalue weighted by atomic mass is 16.3. The molecule has 0 rings (SSSR count). The predicted molar refractivity (Wildman–Crippen MR) is 67.5 cm³/mol. The molecule has 4 nitrogen and oxygen atoms in total. The standard InChI is InChI=1S/C13H28O4/c1-9(8-15)10(2)11(3)13(17)7-12(16)5-4-6-14/h9-17H,4-8H2,1-3H3. The number of hydrogen-bond acceptors (Lipinski definition) is 4. The maximum absolute atomic E-state index is 10.00. The number of aliphatic hydroxyl groups is 4. The van der Waals surface area contributed by atoms with E-state index < -0.39 is 12.2 Å². The first kappa shape index (κ1) is 16.8. The first-order valence-electron chi connectivity index (χ1n) is 6.51. The van der Waals surface area contributed by atoms with E-state index in [1.165, 1.54) is 0 Å². The Morgan fingerprint density at radius 1 is 0.941 bits per heavy atom. The van der Waals surface area contributed by atoms with Gasteiger partial charge in [-0.2, -0.15) is 0 Å². The van der Waals surface area contributed by atoms with E-state index in [-0.39, 0.29) is 31.0 Å².